The molecule has 0 aliphatic rings. The molecule has 10 heavy (non-hydrogen) atoms. The van der Waals surface area contributed by atoms with Crippen LogP contribution in [0.1, 0.15) is 0 Å². The van der Waals surface area contributed by atoms with Gasteiger partial charge >= 0.3 is 7.69 Å². The highest BCUT2D eigenvalue weighted by atomic mass is 16.4. The molecule has 0 heterocycles. The number of nitrogen functional groups attached to an aromatic ring is 1. The van der Waals surface area contributed by atoms with Crippen LogP contribution in [0.25, 0.3) is 0 Å². The van der Waals surface area contributed by atoms with E-state index in [0.717, 1.165) is 5.69 Å². The highest BCUT2D eigenvalue weighted by Crippen LogP contribution is 1.95. The van der Waals surface area contributed by atoms with Gasteiger partial charge in [0.2, 0.25) is 0 Å². The molecule has 4 heteroatoms. The van der Waals surface area contributed by atoms with Gasteiger partial charge in [-0.3, -0.25) is 0 Å². The number of rotatable bonds is 0. The maximum Gasteiger partial charge on any atom is 0.482 e. The average Bonchev–Trinajstić information content (AvgIpc) is 1.91. The predicted octanol–water partition coefficient (Wildman–Crippen LogP) is -0.226. The zero-order valence-electron chi connectivity index (χ0n) is 5.44. The van der Waals surface area contributed by atoms with Crippen molar-refractivity contribution in [1.29, 1.82) is 0 Å². The molecule has 0 aliphatic carbocycles. The zero-order valence-corrected chi connectivity index (χ0v) is 5.44. The molecule has 1 aromatic carbocycles. The normalized spacial score (nSPS) is 7.40. The Morgan fingerprint density at radius 3 is 1.70 bits per heavy atom. The molecule has 1 aromatic rings. The first-order valence-electron chi connectivity index (χ1n) is 2.72. The molecule has 0 bridgehead atoms. The molecular weight excluding hydrogens is 129 g/mol. The first-order chi connectivity index (χ1) is 4.81. The van der Waals surface area contributed by atoms with Crippen LogP contribution in [0.15, 0.2) is 30.3 Å². The van der Waals surface area contributed by atoms with Gasteiger partial charge in [-0.2, -0.15) is 0 Å². The van der Waals surface area contributed by atoms with Gasteiger partial charge in [-0.25, -0.2) is 0 Å². The lowest BCUT2D eigenvalue weighted by Crippen LogP contribution is -1.79. The van der Waals surface area contributed by atoms with Crippen LogP contribution in [0.5, 0.6) is 0 Å². The van der Waals surface area contributed by atoms with E-state index in [1.165, 1.54) is 0 Å². The second kappa shape index (κ2) is 6.13. The fourth-order valence-electron chi connectivity index (χ4n) is 0.453. The van der Waals surface area contributed by atoms with Crippen molar-refractivity contribution in [2.24, 2.45) is 0 Å². The van der Waals surface area contributed by atoms with Gasteiger partial charge in [-0.15, -0.1) is 0 Å². The fourth-order valence-corrected chi connectivity index (χ4v) is 0.453. The first kappa shape index (κ1) is 9.00. The zero-order chi connectivity index (χ0) is 7.82. The van der Waals surface area contributed by atoms with Crippen molar-refractivity contribution in [3.63, 3.8) is 0 Å². The Bertz CT molecular complexity index is 157. The summed E-state index contributed by atoms with van der Waals surface area (Å²) in [6.45, 7) is 0. The van der Waals surface area contributed by atoms with Crippen LogP contribution >= 0.6 is 0 Å². The number of benzene rings is 1. The molecule has 0 saturated carbocycles. The van der Waals surface area contributed by atoms with Crippen molar-refractivity contribution >= 4 is 13.4 Å². The van der Waals surface area contributed by atoms with Crippen molar-refractivity contribution in [2.75, 3.05) is 5.73 Å². The number of para-hydroxylation sites is 1. The highest BCUT2D eigenvalue weighted by molar-refractivity contribution is 6.13. The molecule has 0 saturated heterocycles. The maximum atomic E-state index is 7.00. The van der Waals surface area contributed by atoms with Crippen LogP contribution in [-0.4, -0.2) is 17.7 Å². The van der Waals surface area contributed by atoms with Gasteiger partial charge < -0.3 is 15.8 Å². The van der Waals surface area contributed by atoms with E-state index in [-0.39, 0.29) is 7.69 Å². The molecule has 0 aliphatic heterocycles. The number of nitrogens with two attached hydrogens (primary N) is 1. The Morgan fingerprint density at radius 1 is 1.10 bits per heavy atom. The van der Waals surface area contributed by atoms with Gasteiger partial charge in [0.25, 0.3) is 0 Å². The Kier molecular flexibility index (Phi) is 5.52. The molecule has 0 fully saturated rings. The molecule has 1 radical (unpaired) electrons. The standard InChI is InChI=1S/C6H7N.BH2O2/c7-6-4-2-1-3-5-6;2-1-3/h1-5H,7H2;2-3H. The van der Waals surface area contributed by atoms with Crippen molar-refractivity contribution in [1.82, 2.24) is 0 Å². The van der Waals surface area contributed by atoms with Crippen LogP contribution in [0, 0.1) is 0 Å². The maximum absolute atomic E-state index is 7.00. The minimum atomic E-state index is 0. The Balaban J connectivity index is 0.000000236. The molecule has 4 N–H and O–H groups in total. The summed E-state index contributed by atoms with van der Waals surface area (Å²) in [5, 5.41) is 14.0. The third-order valence-electron chi connectivity index (χ3n) is 0.800. The SMILES string of the molecule is Nc1ccccc1.O[B]O. The summed E-state index contributed by atoms with van der Waals surface area (Å²) in [6.07, 6.45) is 0. The third-order valence-corrected chi connectivity index (χ3v) is 0.800. The second-order valence-corrected chi connectivity index (χ2v) is 1.53. The van der Waals surface area contributed by atoms with Crippen molar-refractivity contribution in [2.45, 2.75) is 0 Å². The monoisotopic (exact) mass is 138 g/mol. The van der Waals surface area contributed by atoms with Crippen molar-refractivity contribution in [3.05, 3.63) is 30.3 Å². The molecular formula is C6H9BNO2. The smallest absolute Gasteiger partial charge is 0.429 e. The summed E-state index contributed by atoms with van der Waals surface area (Å²) < 4.78 is 0. The third kappa shape index (κ3) is 5.15. The van der Waals surface area contributed by atoms with E-state index in [2.05, 4.69) is 0 Å². The number of hydrogen-bond acceptors (Lipinski definition) is 3. The Labute approximate surface area is 60.4 Å². The number of anilines is 1. The second-order valence-electron chi connectivity index (χ2n) is 1.53. The topological polar surface area (TPSA) is 66.5 Å². The summed E-state index contributed by atoms with van der Waals surface area (Å²) in [7, 11) is 0. The van der Waals surface area contributed by atoms with Crippen LogP contribution in [0.3, 0.4) is 0 Å². The van der Waals surface area contributed by atoms with E-state index in [4.69, 9.17) is 15.8 Å². The van der Waals surface area contributed by atoms with Crippen LogP contribution in [0.4, 0.5) is 5.69 Å². The minimum Gasteiger partial charge on any atom is -0.429 e. The largest absolute Gasteiger partial charge is 0.482 e. The van der Waals surface area contributed by atoms with Gasteiger partial charge in [-0.1, -0.05) is 18.2 Å². The van der Waals surface area contributed by atoms with E-state index < -0.39 is 0 Å². The summed E-state index contributed by atoms with van der Waals surface area (Å²) >= 11 is 0. The highest BCUT2D eigenvalue weighted by Gasteiger charge is 1.72. The van der Waals surface area contributed by atoms with E-state index in [1.807, 2.05) is 30.3 Å². The van der Waals surface area contributed by atoms with Gasteiger partial charge in [0.15, 0.2) is 0 Å². The minimum absolute atomic E-state index is 0. The van der Waals surface area contributed by atoms with Crippen molar-refractivity contribution < 1.29 is 10.0 Å². The molecule has 53 valence electrons. The lowest BCUT2D eigenvalue weighted by molar-refractivity contribution is 0.448. The summed E-state index contributed by atoms with van der Waals surface area (Å²) in [5.41, 5.74) is 6.18. The molecule has 1 rings (SSSR count). The first-order valence-corrected chi connectivity index (χ1v) is 2.72. The van der Waals surface area contributed by atoms with Crippen LogP contribution in [0.2, 0.25) is 0 Å². The van der Waals surface area contributed by atoms with E-state index in [0.29, 0.717) is 0 Å². The van der Waals surface area contributed by atoms with Gasteiger partial charge in [0, 0.05) is 5.69 Å². The number of hydrogen-bond donors (Lipinski definition) is 3. The van der Waals surface area contributed by atoms with E-state index in [1.54, 1.807) is 0 Å². The molecule has 0 unspecified atom stereocenters. The van der Waals surface area contributed by atoms with Crippen molar-refractivity contribution in [3.8, 4) is 0 Å². The van der Waals surface area contributed by atoms with Gasteiger partial charge in [-0.05, 0) is 12.1 Å². The molecule has 0 spiro atoms. The average molecular weight is 138 g/mol. The Morgan fingerprint density at radius 2 is 1.50 bits per heavy atom. The van der Waals surface area contributed by atoms with Crippen LogP contribution in [-0.2, 0) is 0 Å². The lowest BCUT2D eigenvalue weighted by atomic mass is 10.3. The summed E-state index contributed by atoms with van der Waals surface area (Å²) in [4.78, 5) is 0. The predicted molar refractivity (Wildman–Crippen MR) is 41.0 cm³/mol. The van der Waals surface area contributed by atoms with Crippen LogP contribution < -0.4 is 5.73 Å². The summed E-state index contributed by atoms with van der Waals surface area (Å²) in [6, 6.07) is 9.49. The molecule has 0 atom stereocenters. The van der Waals surface area contributed by atoms with Gasteiger partial charge in [0.1, 0.15) is 0 Å². The summed E-state index contributed by atoms with van der Waals surface area (Å²) in [5.74, 6) is 0. The molecule has 3 nitrogen and oxygen atoms in total. The molecule has 0 aromatic heterocycles. The fraction of sp³-hybridized carbons (Fsp3) is 0. The Hall–Kier alpha value is -0.995. The molecule has 0 amide bonds. The van der Waals surface area contributed by atoms with Gasteiger partial charge in [0.05, 0.1) is 0 Å². The van der Waals surface area contributed by atoms with E-state index in [9.17, 15) is 0 Å². The lowest BCUT2D eigenvalue weighted by Gasteiger charge is -1.83. The quantitative estimate of drug-likeness (QED) is 0.342. The van der Waals surface area contributed by atoms with E-state index >= 15 is 0 Å².